The Morgan fingerprint density at radius 1 is 0.562 bits per heavy atom. The molecule has 14 nitrogen and oxygen atoms in total. The quantitative estimate of drug-likeness (QED) is 0.111. The first-order chi connectivity index (χ1) is 22.7. The molecule has 2 rings (SSSR count). The third-order valence-electron chi connectivity index (χ3n) is 5.38. The van der Waals surface area contributed by atoms with Crippen LogP contribution in [0.5, 0.6) is 0 Å². The summed E-state index contributed by atoms with van der Waals surface area (Å²) in [5.74, 6) is 0. The normalized spacial score (nSPS) is 10.4. The van der Waals surface area contributed by atoms with Gasteiger partial charge in [-0.15, -0.1) is 0 Å². The lowest BCUT2D eigenvalue weighted by atomic mass is 10.2. The van der Waals surface area contributed by atoms with Gasteiger partial charge in [-0.05, 0) is 31.9 Å². The van der Waals surface area contributed by atoms with Crippen LogP contribution >= 0.6 is 0 Å². The van der Waals surface area contributed by atoms with Crippen LogP contribution in [0.3, 0.4) is 0 Å². The molecule has 0 saturated carbocycles. The summed E-state index contributed by atoms with van der Waals surface area (Å²) in [6.45, 7) is 11.0. The number of rotatable bonds is 21. The van der Waals surface area contributed by atoms with Gasteiger partial charge in [0.2, 0.25) is 0 Å². The number of hydrogen-bond acceptors (Lipinski definition) is 11. The molecule has 0 saturated heterocycles. The number of hydrogen-bond donors (Lipinski definition) is 4. The van der Waals surface area contributed by atoms with Gasteiger partial charge in [-0.3, -0.25) is 0 Å². The van der Waals surface area contributed by atoms with E-state index in [-0.39, 0.29) is 20.6 Å². The maximum atomic E-state index is 11.5. The van der Waals surface area contributed by atoms with E-state index in [0.29, 0.717) is 79.0 Å². The third-order valence-corrected chi connectivity index (χ3v) is 5.38. The van der Waals surface area contributed by atoms with Crippen LogP contribution in [-0.2, 0) is 46.4 Å². The molecule has 272 valence electrons. The number of nitrogens with one attached hydrogen (secondary N) is 3. The minimum absolute atomic E-state index is 0. The van der Waals surface area contributed by atoms with Crippen molar-refractivity contribution in [2.75, 3.05) is 79.0 Å². The molecule has 5 N–H and O–H groups in total. The highest BCUT2D eigenvalue weighted by Crippen LogP contribution is 2.06. The van der Waals surface area contributed by atoms with Gasteiger partial charge >= 0.3 is 18.3 Å². The summed E-state index contributed by atoms with van der Waals surface area (Å²) in [6.07, 6.45) is -1.39. The number of carbonyl (C=O) groups is 3. The summed E-state index contributed by atoms with van der Waals surface area (Å²) < 4.78 is 36.3. The Balaban J connectivity index is 0.000000940. The smallest absolute Gasteiger partial charge is 0.407 e. The Hall–Kier alpha value is -3.95. The molecular weight excluding hydrogens is 624 g/mol. The zero-order chi connectivity index (χ0) is 34.4. The summed E-state index contributed by atoms with van der Waals surface area (Å²) in [4.78, 5) is 34.3. The molecule has 0 heterocycles. The maximum absolute atomic E-state index is 11.5. The Bertz CT molecular complexity index is 1070. The third kappa shape index (κ3) is 28.3. The van der Waals surface area contributed by atoms with Crippen molar-refractivity contribution in [1.82, 2.24) is 16.0 Å². The number of ether oxygens (including phenoxy) is 7. The van der Waals surface area contributed by atoms with E-state index in [2.05, 4.69) is 16.0 Å². The van der Waals surface area contributed by atoms with Crippen LogP contribution in [0.4, 0.5) is 14.4 Å². The number of carbonyl (C=O) groups excluding carboxylic acids is 3. The summed E-state index contributed by atoms with van der Waals surface area (Å²) in [6, 6.07) is 19.0. The van der Waals surface area contributed by atoms with Crippen molar-refractivity contribution in [3.63, 3.8) is 0 Å². The highest BCUT2D eigenvalue weighted by molar-refractivity contribution is 5.68. The molecule has 0 radical (unpaired) electrons. The number of alkyl carbamates (subject to hydrolysis) is 3. The number of amides is 3. The van der Waals surface area contributed by atoms with E-state index in [1.165, 1.54) is 0 Å². The Morgan fingerprint density at radius 3 is 1.27 bits per heavy atom. The average molecular weight is 681 g/mol. The van der Waals surface area contributed by atoms with Crippen LogP contribution in [-0.4, -0.2) is 103 Å². The van der Waals surface area contributed by atoms with E-state index in [1.807, 2.05) is 60.7 Å². The molecule has 0 bridgehead atoms. The second kappa shape index (κ2) is 29.2. The van der Waals surface area contributed by atoms with E-state index in [0.717, 1.165) is 11.1 Å². The van der Waals surface area contributed by atoms with Gasteiger partial charge < -0.3 is 54.8 Å². The van der Waals surface area contributed by atoms with Gasteiger partial charge in [0.15, 0.2) is 0 Å². The van der Waals surface area contributed by atoms with Gasteiger partial charge in [-0.2, -0.15) is 0 Å². The summed E-state index contributed by atoms with van der Waals surface area (Å²) in [5.41, 5.74) is 6.64. The molecule has 2 aromatic carbocycles. The molecule has 48 heavy (non-hydrogen) atoms. The van der Waals surface area contributed by atoms with Crippen LogP contribution in [0.1, 0.15) is 39.3 Å². The second-order valence-corrected chi connectivity index (χ2v) is 10.6. The van der Waals surface area contributed by atoms with Crippen LogP contribution in [0, 0.1) is 0 Å². The van der Waals surface area contributed by atoms with E-state index in [4.69, 9.17) is 38.9 Å². The lowest BCUT2D eigenvalue weighted by molar-refractivity contribution is 0.0399. The topological polar surface area (TPSA) is 178 Å². The fraction of sp³-hybridized carbons (Fsp3) is 0.559. The second-order valence-electron chi connectivity index (χ2n) is 10.6. The predicted molar refractivity (Wildman–Crippen MR) is 183 cm³/mol. The first-order valence-electron chi connectivity index (χ1n) is 15.6. The van der Waals surface area contributed by atoms with Crippen molar-refractivity contribution in [3.8, 4) is 0 Å². The molecule has 0 fully saturated rings. The lowest BCUT2D eigenvalue weighted by Crippen LogP contribution is -2.34. The Labute approximate surface area is 285 Å². The van der Waals surface area contributed by atoms with E-state index < -0.39 is 23.9 Å². The minimum atomic E-state index is -0.513. The molecule has 0 aliphatic carbocycles. The van der Waals surface area contributed by atoms with Gasteiger partial charge in [0.05, 0.1) is 52.9 Å². The maximum Gasteiger partial charge on any atom is 0.407 e. The van der Waals surface area contributed by atoms with Crippen LogP contribution in [0.2, 0.25) is 0 Å². The predicted octanol–water partition coefficient (Wildman–Crippen LogP) is 4.01. The number of benzene rings is 2. The molecule has 14 heteroatoms. The molecule has 2 aromatic rings. The molecule has 0 aliphatic rings. The minimum Gasteiger partial charge on any atom is -0.445 e. The van der Waals surface area contributed by atoms with Crippen LogP contribution < -0.4 is 21.7 Å². The lowest BCUT2D eigenvalue weighted by Gasteiger charge is -2.19. The first kappa shape index (κ1) is 44.0. The van der Waals surface area contributed by atoms with Gasteiger partial charge in [0.1, 0.15) is 18.8 Å². The zero-order valence-corrected chi connectivity index (χ0v) is 27.8. The highest BCUT2D eigenvalue weighted by Gasteiger charge is 2.15. The molecule has 0 atom stereocenters. The monoisotopic (exact) mass is 680 g/mol. The van der Waals surface area contributed by atoms with E-state index in [1.54, 1.807) is 20.8 Å². The van der Waals surface area contributed by atoms with Crippen molar-refractivity contribution in [1.29, 1.82) is 0 Å². The van der Waals surface area contributed by atoms with Gasteiger partial charge in [0.25, 0.3) is 0 Å². The Kier molecular flexibility index (Phi) is 26.8. The molecule has 3 amide bonds. The highest BCUT2D eigenvalue weighted by atomic mass is 16.6. The van der Waals surface area contributed by atoms with Gasteiger partial charge in [-0.1, -0.05) is 68.1 Å². The first-order valence-corrected chi connectivity index (χ1v) is 15.6. The van der Waals surface area contributed by atoms with Crippen LogP contribution in [0.25, 0.3) is 0 Å². The Morgan fingerprint density at radius 2 is 0.917 bits per heavy atom. The zero-order valence-electron chi connectivity index (χ0n) is 27.8. The molecule has 0 aliphatic heterocycles. The molecule has 0 unspecified atom stereocenters. The van der Waals surface area contributed by atoms with Crippen molar-refractivity contribution in [2.45, 2.75) is 47.0 Å². The van der Waals surface area contributed by atoms with Crippen molar-refractivity contribution >= 4 is 18.3 Å². The molecule has 0 aromatic heterocycles. The molecular formula is C34H56N4O10. The van der Waals surface area contributed by atoms with Crippen molar-refractivity contribution in [2.24, 2.45) is 5.73 Å². The molecule has 0 spiro atoms. The van der Waals surface area contributed by atoms with Gasteiger partial charge in [-0.25, -0.2) is 14.4 Å². The van der Waals surface area contributed by atoms with E-state index in [9.17, 15) is 14.4 Å². The van der Waals surface area contributed by atoms with E-state index >= 15 is 0 Å². The average Bonchev–Trinajstić information content (AvgIpc) is 3.05. The largest absolute Gasteiger partial charge is 0.445 e. The summed E-state index contributed by atoms with van der Waals surface area (Å²) >= 11 is 0. The standard InChI is InChI=1S/C19H30N2O6.C14H22N2O4.CH4/c1-19(2,3)27-18(23)21-10-12-25-14-13-24-11-9-20-17(22)26-15-16-7-5-4-6-8-16;15-6-8-18-10-11-19-9-7-16-14(17)20-12-13-4-2-1-3-5-13;/h4-8H,9-15H2,1-3H3,(H,20,22)(H,21,23);1-5H,6-12,15H2,(H,16,17);1H4. The van der Waals surface area contributed by atoms with Crippen LogP contribution in [0.15, 0.2) is 60.7 Å². The van der Waals surface area contributed by atoms with Crippen molar-refractivity contribution in [3.05, 3.63) is 71.8 Å². The summed E-state index contributed by atoms with van der Waals surface area (Å²) in [7, 11) is 0. The number of nitrogens with two attached hydrogens (primary N) is 1. The van der Waals surface area contributed by atoms with Gasteiger partial charge in [0, 0.05) is 26.2 Å². The van der Waals surface area contributed by atoms with Crippen molar-refractivity contribution < 1.29 is 47.5 Å². The fourth-order valence-electron chi connectivity index (χ4n) is 3.27. The SMILES string of the molecule is C.CC(C)(C)OC(=O)NCCOCCOCCNC(=O)OCc1ccccc1.NCCOCCOCCNC(=O)OCc1ccccc1. The summed E-state index contributed by atoms with van der Waals surface area (Å²) in [5, 5.41) is 7.81. The fourth-order valence-corrected chi connectivity index (χ4v) is 3.27.